The molecular weight excluding hydrogens is 216 g/mol. The molecule has 2 saturated heterocycles. The van der Waals surface area contributed by atoms with Gasteiger partial charge in [-0.15, -0.1) is 0 Å². The van der Waals surface area contributed by atoms with Crippen LogP contribution in [-0.2, 0) is 14.3 Å². The van der Waals surface area contributed by atoms with E-state index < -0.39 is 0 Å². The Kier molecular flexibility index (Phi) is 1.87. The predicted octanol–water partition coefficient (Wildman–Crippen LogP) is 2.06. The number of carbonyl (C=O) groups excluding carboxylic acids is 1. The zero-order valence-electron chi connectivity index (χ0n) is 10.3. The van der Waals surface area contributed by atoms with E-state index in [-0.39, 0.29) is 18.0 Å². The first-order valence-electron chi connectivity index (χ1n) is 6.71. The maximum atomic E-state index is 11.8. The van der Waals surface area contributed by atoms with Gasteiger partial charge in [0, 0.05) is 11.8 Å². The third kappa shape index (κ3) is 1.23. The molecule has 0 spiro atoms. The SMILES string of the molecule is CC1=C2CC3OC3C2C2OC(=O)C(C)C2CC1. The molecule has 2 aliphatic heterocycles. The number of carbonyl (C=O) groups is 1. The van der Waals surface area contributed by atoms with E-state index in [9.17, 15) is 4.79 Å². The molecule has 92 valence electrons. The highest BCUT2D eigenvalue weighted by Crippen LogP contribution is 2.55. The van der Waals surface area contributed by atoms with Gasteiger partial charge in [0.25, 0.3) is 0 Å². The van der Waals surface area contributed by atoms with Gasteiger partial charge in [-0.25, -0.2) is 0 Å². The van der Waals surface area contributed by atoms with Gasteiger partial charge in [0.2, 0.25) is 0 Å². The first-order chi connectivity index (χ1) is 8.16. The minimum Gasteiger partial charge on any atom is -0.461 e. The summed E-state index contributed by atoms with van der Waals surface area (Å²) in [4.78, 5) is 11.8. The highest BCUT2D eigenvalue weighted by molar-refractivity contribution is 5.75. The molecule has 6 atom stereocenters. The lowest BCUT2D eigenvalue weighted by Crippen LogP contribution is -2.30. The lowest BCUT2D eigenvalue weighted by atomic mass is 9.82. The third-order valence-corrected chi connectivity index (χ3v) is 5.24. The summed E-state index contributed by atoms with van der Waals surface area (Å²) in [5, 5.41) is 0. The summed E-state index contributed by atoms with van der Waals surface area (Å²) in [6.07, 6.45) is 4.19. The molecule has 0 aromatic rings. The molecule has 3 fully saturated rings. The quantitative estimate of drug-likeness (QED) is 0.366. The van der Waals surface area contributed by atoms with Crippen molar-refractivity contribution in [2.45, 2.75) is 51.4 Å². The molecular formula is C14H18O3. The Balaban J connectivity index is 1.75. The molecule has 0 amide bonds. The van der Waals surface area contributed by atoms with E-state index >= 15 is 0 Å². The Morgan fingerprint density at radius 3 is 2.94 bits per heavy atom. The topological polar surface area (TPSA) is 38.8 Å². The highest BCUT2D eigenvalue weighted by atomic mass is 16.6. The molecule has 3 nitrogen and oxygen atoms in total. The van der Waals surface area contributed by atoms with Gasteiger partial charge >= 0.3 is 5.97 Å². The lowest BCUT2D eigenvalue weighted by Gasteiger charge is -2.24. The molecule has 0 aromatic carbocycles. The summed E-state index contributed by atoms with van der Waals surface area (Å²) in [6.45, 7) is 4.27. The molecule has 4 rings (SSSR count). The zero-order valence-corrected chi connectivity index (χ0v) is 10.3. The van der Waals surface area contributed by atoms with Crippen LogP contribution in [0.2, 0.25) is 0 Å². The number of epoxide rings is 1. The molecule has 0 aromatic heterocycles. The van der Waals surface area contributed by atoms with Crippen molar-refractivity contribution in [1.82, 2.24) is 0 Å². The van der Waals surface area contributed by atoms with Crippen LogP contribution < -0.4 is 0 Å². The van der Waals surface area contributed by atoms with Gasteiger partial charge in [-0.05, 0) is 26.2 Å². The van der Waals surface area contributed by atoms with E-state index in [1.165, 1.54) is 5.57 Å². The van der Waals surface area contributed by atoms with Crippen molar-refractivity contribution in [3.8, 4) is 0 Å². The second-order valence-electron chi connectivity index (χ2n) is 6.07. The van der Waals surface area contributed by atoms with Crippen molar-refractivity contribution in [2.75, 3.05) is 0 Å². The standard InChI is InChI=1S/C14H18O3/c1-6-3-4-8-7(2)14(15)17-12(8)11-9(6)5-10-13(11)16-10/h7-8,10-13H,3-5H2,1-2H3. The number of hydrogen-bond acceptors (Lipinski definition) is 3. The van der Waals surface area contributed by atoms with Crippen LogP contribution in [0.5, 0.6) is 0 Å². The lowest BCUT2D eigenvalue weighted by molar-refractivity contribution is -0.145. The molecule has 6 unspecified atom stereocenters. The summed E-state index contributed by atoms with van der Waals surface area (Å²) >= 11 is 0. The minimum atomic E-state index is 0.00278. The summed E-state index contributed by atoms with van der Waals surface area (Å²) in [7, 11) is 0. The van der Waals surface area contributed by atoms with Gasteiger partial charge in [-0.1, -0.05) is 18.1 Å². The Morgan fingerprint density at radius 1 is 1.29 bits per heavy atom. The van der Waals surface area contributed by atoms with Crippen molar-refractivity contribution in [3.05, 3.63) is 11.1 Å². The zero-order chi connectivity index (χ0) is 11.7. The number of ether oxygens (including phenoxy) is 2. The van der Waals surface area contributed by atoms with Crippen LogP contribution >= 0.6 is 0 Å². The fourth-order valence-corrected chi connectivity index (χ4v) is 4.12. The van der Waals surface area contributed by atoms with Crippen LogP contribution in [0.3, 0.4) is 0 Å². The molecule has 2 aliphatic carbocycles. The van der Waals surface area contributed by atoms with E-state index in [2.05, 4.69) is 6.92 Å². The summed E-state index contributed by atoms with van der Waals surface area (Å²) < 4.78 is 11.3. The van der Waals surface area contributed by atoms with Gasteiger partial charge in [-0.3, -0.25) is 4.79 Å². The smallest absolute Gasteiger partial charge is 0.309 e. The van der Waals surface area contributed by atoms with Crippen molar-refractivity contribution in [2.24, 2.45) is 17.8 Å². The summed E-state index contributed by atoms with van der Waals surface area (Å²) in [5.41, 5.74) is 3.07. The van der Waals surface area contributed by atoms with E-state index in [0.29, 0.717) is 24.0 Å². The normalized spacial score (nSPS) is 51.5. The van der Waals surface area contributed by atoms with Gasteiger partial charge in [0.1, 0.15) is 6.10 Å². The van der Waals surface area contributed by atoms with Crippen LogP contribution in [0.4, 0.5) is 0 Å². The minimum absolute atomic E-state index is 0.00278. The fraction of sp³-hybridized carbons (Fsp3) is 0.786. The first-order valence-corrected chi connectivity index (χ1v) is 6.71. The Labute approximate surface area is 101 Å². The monoisotopic (exact) mass is 234 g/mol. The Morgan fingerprint density at radius 2 is 2.12 bits per heavy atom. The van der Waals surface area contributed by atoms with Gasteiger partial charge in [0.05, 0.1) is 18.1 Å². The molecule has 4 aliphatic rings. The van der Waals surface area contributed by atoms with Gasteiger partial charge < -0.3 is 9.47 Å². The number of rotatable bonds is 0. The van der Waals surface area contributed by atoms with Crippen molar-refractivity contribution in [1.29, 1.82) is 0 Å². The second kappa shape index (κ2) is 3.14. The number of fused-ring (bicyclic) bond motifs is 5. The Hall–Kier alpha value is -0.830. The van der Waals surface area contributed by atoms with E-state index in [1.54, 1.807) is 5.57 Å². The average Bonchev–Trinajstić information content (AvgIpc) is 2.92. The molecule has 0 N–H and O–H groups in total. The predicted molar refractivity (Wildman–Crippen MR) is 61.2 cm³/mol. The molecule has 0 bridgehead atoms. The van der Waals surface area contributed by atoms with E-state index in [0.717, 1.165) is 19.3 Å². The van der Waals surface area contributed by atoms with Crippen molar-refractivity contribution >= 4 is 5.97 Å². The molecule has 1 saturated carbocycles. The average molecular weight is 234 g/mol. The van der Waals surface area contributed by atoms with Crippen LogP contribution in [0, 0.1) is 17.8 Å². The fourth-order valence-electron chi connectivity index (χ4n) is 4.12. The summed E-state index contributed by atoms with van der Waals surface area (Å²) in [6, 6.07) is 0. The summed E-state index contributed by atoms with van der Waals surface area (Å²) in [5.74, 6) is 0.859. The van der Waals surface area contributed by atoms with Crippen LogP contribution in [0.15, 0.2) is 11.1 Å². The van der Waals surface area contributed by atoms with E-state index in [4.69, 9.17) is 9.47 Å². The van der Waals surface area contributed by atoms with Crippen LogP contribution in [0.25, 0.3) is 0 Å². The second-order valence-corrected chi connectivity index (χ2v) is 6.07. The largest absolute Gasteiger partial charge is 0.461 e. The van der Waals surface area contributed by atoms with Gasteiger partial charge in [0.15, 0.2) is 0 Å². The maximum absolute atomic E-state index is 11.8. The van der Waals surface area contributed by atoms with Crippen molar-refractivity contribution in [3.63, 3.8) is 0 Å². The maximum Gasteiger partial charge on any atom is 0.309 e. The van der Waals surface area contributed by atoms with Gasteiger partial charge in [-0.2, -0.15) is 0 Å². The van der Waals surface area contributed by atoms with Crippen LogP contribution in [-0.4, -0.2) is 24.3 Å². The molecule has 0 radical (unpaired) electrons. The van der Waals surface area contributed by atoms with Crippen LogP contribution in [0.1, 0.15) is 33.1 Å². The van der Waals surface area contributed by atoms with Crippen molar-refractivity contribution < 1.29 is 14.3 Å². The molecule has 3 heteroatoms. The number of esters is 1. The molecule has 2 heterocycles. The Bertz CT molecular complexity index is 425. The highest BCUT2D eigenvalue weighted by Gasteiger charge is 2.61. The number of hydrogen-bond donors (Lipinski definition) is 0. The third-order valence-electron chi connectivity index (χ3n) is 5.24. The van der Waals surface area contributed by atoms with E-state index in [1.807, 2.05) is 6.92 Å². The first kappa shape index (κ1) is 10.1. The molecule has 17 heavy (non-hydrogen) atoms. The number of allylic oxidation sites excluding steroid dienone is 1.